The number of ether oxygens (including phenoxy) is 1. The van der Waals surface area contributed by atoms with Gasteiger partial charge in [0.2, 0.25) is 11.8 Å². The Kier molecular flexibility index (Phi) is 7.08. The lowest BCUT2D eigenvalue weighted by Gasteiger charge is -2.21. The fourth-order valence-corrected chi connectivity index (χ4v) is 1.28. The largest absolute Gasteiger partial charge is 0.383 e. The molecule has 0 aliphatic heterocycles. The lowest BCUT2D eigenvalue weighted by Crippen LogP contribution is -2.23. The number of methoxy groups -OCH3 is 1. The fraction of sp³-hybridized carbons (Fsp3) is 0.571. The Hall–Kier alpha value is -1.62. The molecule has 0 heterocycles. The number of likely N-dealkylation sites (N-methyl/N-ethyl adjacent to an activating group) is 2. The maximum Gasteiger partial charge on any atom is 0.245 e. The summed E-state index contributed by atoms with van der Waals surface area (Å²) in [7, 11) is 8.33. The van der Waals surface area contributed by atoms with Crippen molar-refractivity contribution in [1.29, 1.82) is 0 Å². The van der Waals surface area contributed by atoms with Gasteiger partial charge in [0.25, 0.3) is 0 Å². The normalized spacial score (nSPS) is 12.1. The van der Waals surface area contributed by atoms with E-state index in [1.807, 2.05) is 6.92 Å². The molecule has 5 heteroatoms. The maximum absolute atomic E-state index is 11.5. The number of hydrogen-bond acceptors (Lipinski definition) is 3. The Morgan fingerprint density at radius 3 is 1.63 bits per heavy atom. The molecular formula is C14H24N2O3. The second-order valence-corrected chi connectivity index (χ2v) is 5.07. The molecule has 0 fully saturated rings. The summed E-state index contributed by atoms with van der Waals surface area (Å²) >= 11 is 0. The highest BCUT2D eigenvalue weighted by atomic mass is 16.5. The molecule has 5 nitrogen and oxygen atoms in total. The highest BCUT2D eigenvalue weighted by molar-refractivity contribution is 5.88. The maximum atomic E-state index is 11.5. The molecule has 0 spiro atoms. The molecule has 0 aromatic heterocycles. The van der Waals surface area contributed by atoms with Crippen LogP contribution in [0.2, 0.25) is 0 Å². The van der Waals surface area contributed by atoms with Crippen LogP contribution in [0, 0.1) is 5.41 Å². The second-order valence-electron chi connectivity index (χ2n) is 5.07. The first-order valence-electron chi connectivity index (χ1n) is 6.02. The van der Waals surface area contributed by atoms with E-state index in [9.17, 15) is 9.59 Å². The van der Waals surface area contributed by atoms with Crippen molar-refractivity contribution in [2.24, 2.45) is 5.41 Å². The van der Waals surface area contributed by atoms with Crippen LogP contribution in [0.5, 0.6) is 0 Å². The van der Waals surface area contributed by atoms with Gasteiger partial charge in [-0.25, -0.2) is 0 Å². The first-order chi connectivity index (χ1) is 8.72. The van der Waals surface area contributed by atoms with Gasteiger partial charge in [0.15, 0.2) is 0 Å². The minimum absolute atomic E-state index is 0.102. The van der Waals surface area contributed by atoms with Crippen LogP contribution in [-0.2, 0) is 14.3 Å². The number of nitrogens with zero attached hydrogens (tertiary/aromatic N) is 2. The van der Waals surface area contributed by atoms with Crippen LogP contribution in [-0.4, -0.2) is 63.5 Å². The lowest BCUT2D eigenvalue weighted by atomic mass is 9.90. The van der Waals surface area contributed by atoms with Crippen molar-refractivity contribution in [3.05, 3.63) is 24.3 Å². The van der Waals surface area contributed by atoms with Crippen LogP contribution in [0.1, 0.15) is 6.92 Å². The first-order valence-corrected chi connectivity index (χ1v) is 6.02. The van der Waals surface area contributed by atoms with Crippen molar-refractivity contribution in [1.82, 2.24) is 9.80 Å². The Bertz CT molecular complexity index is 341. The first kappa shape index (κ1) is 17.4. The van der Waals surface area contributed by atoms with Crippen molar-refractivity contribution in [3.63, 3.8) is 0 Å². The van der Waals surface area contributed by atoms with Gasteiger partial charge in [-0.3, -0.25) is 9.59 Å². The number of amides is 2. The molecule has 0 atom stereocenters. The van der Waals surface area contributed by atoms with Crippen molar-refractivity contribution >= 4 is 11.8 Å². The third-order valence-corrected chi connectivity index (χ3v) is 2.55. The molecule has 0 bridgehead atoms. The molecule has 19 heavy (non-hydrogen) atoms. The summed E-state index contributed by atoms with van der Waals surface area (Å²) in [6.07, 6.45) is 6.48. The van der Waals surface area contributed by atoms with Gasteiger partial charge in [-0.05, 0) is 0 Å². The van der Waals surface area contributed by atoms with Gasteiger partial charge in [-0.1, -0.05) is 19.1 Å². The van der Waals surface area contributed by atoms with E-state index in [2.05, 4.69) is 0 Å². The van der Waals surface area contributed by atoms with Crippen LogP contribution < -0.4 is 0 Å². The van der Waals surface area contributed by atoms with E-state index in [4.69, 9.17) is 4.74 Å². The zero-order chi connectivity index (χ0) is 15.1. The standard InChI is InChI=1S/C14H24N2O3/c1-14(11-19-6,9-7-12(17)15(2)3)10-8-13(18)16(4)5/h7-10H,11H2,1-6H3/b9-7+,10-8+. The quantitative estimate of drug-likeness (QED) is 0.673. The number of rotatable bonds is 6. The van der Waals surface area contributed by atoms with Crippen LogP contribution >= 0.6 is 0 Å². The molecule has 0 unspecified atom stereocenters. The molecule has 2 amide bonds. The molecule has 0 N–H and O–H groups in total. The van der Waals surface area contributed by atoms with Gasteiger partial charge in [0, 0.05) is 52.9 Å². The molecule has 108 valence electrons. The van der Waals surface area contributed by atoms with Crippen LogP contribution in [0.4, 0.5) is 0 Å². The van der Waals surface area contributed by atoms with Crippen LogP contribution in [0.15, 0.2) is 24.3 Å². The zero-order valence-electron chi connectivity index (χ0n) is 12.6. The summed E-state index contributed by atoms with van der Waals surface area (Å²) in [4.78, 5) is 26.0. The summed E-state index contributed by atoms with van der Waals surface area (Å²) in [6.45, 7) is 2.29. The van der Waals surface area contributed by atoms with Gasteiger partial charge >= 0.3 is 0 Å². The highest BCUT2D eigenvalue weighted by Gasteiger charge is 2.18. The van der Waals surface area contributed by atoms with Gasteiger partial charge in [0.1, 0.15) is 0 Å². The molecular weight excluding hydrogens is 244 g/mol. The van der Waals surface area contributed by atoms with Gasteiger partial charge in [0.05, 0.1) is 6.61 Å². The van der Waals surface area contributed by atoms with Crippen molar-refractivity contribution < 1.29 is 14.3 Å². The van der Waals surface area contributed by atoms with Crippen LogP contribution in [0.3, 0.4) is 0 Å². The summed E-state index contributed by atoms with van der Waals surface area (Å²) in [5.74, 6) is -0.204. The number of carbonyl (C=O) groups is 2. The Morgan fingerprint density at radius 1 is 1.00 bits per heavy atom. The molecule has 0 saturated carbocycles. The van der Waals surface area contributed by atoms with Gasteiger partial charge in [-0.2, -0.15) is 0 Å². The topological polar surface area (TPSA) is 49.9 Å². The minimum atomic E-state index is -0.494. The minimum Gasteiger partial charge on any atom is -0.383 e. The summed E-state index contributed by atoms with van der Waals surface area (Å²) < 4.78 is 5.14. The predicted molar refractivity (Wildman–Crippen MR) is 75.7 cm³/mol. The van der Waals surface area contributed by atoms with Gasteiger partial charge in [-0.15, -0.1) is 0 Å². The molecule has 0 rings (SSSR count). The zero-order valence-corrected chi connectivity index (χ0v) is 12.6. The average Bonchev–Trinajstić information content (AvgIpc) is 2.33. The summed E-state index contributed by atoms with van der Waals surface area (Å²) in [5, 5.41) is 0. The van der Waals surface area contributed by atoms with Crippen molar-refractivity contribution in [2.45, 2.75) is 6.92 Å². The molecule has 0 aromatic rings. The summed E-state index contributed by atoms with van der Waals surface area (Å²) in [6, 6.07) is 0. The van der Waals surface area contributed by atoms with Crippen molar-refractivity contribution in [3.8, 4) is 0 Å². The predicted octanol–water partition coefficient (Wildman–Crippen LogP) is 0.928. The molecule has 0 radical (unpaired) electrons. The van der Waals surface area contributed by atoms with E-state index in [0.717, 1.165) is 0 Å². The Balaban J connectivity index is 4.95. The van der Waals surface area contributed by atoms with E-state index in [1.54, 1.807) is 47.5 Å². The Labute approximate surface area is 115 Å². The Morgan fingerprint density at radius 2 is 1.37 bits per heavy atom. The third-order valence-electron chi connectivity index (χ3n) is 2.55. The molecule has 0 aliphatic carbocycles. The van der Waals surface area contributed by atoms with Crippen molar-refractivity contribution in [2.75, 3.05) is 41.9 Å². The highest BCUT2D eigenvalue weighted by Crippen LogP contribution is 2.21. The van der Waals surface area contributed by atoms with E-state index in [0.29, 0.717) is 6.61 Å². The second kappa shape index (κ2) is 7.74. The molecule has 0 saturated heterocycles. The smallest absolute Gasteiger partial charge is 0.245 e. The van der Waals surface area contributed by atoms with E-state index in [1.165, 1.54) is 22.0 Å². The molecule has 0 aromatic carbocycles. The summed E-state index contributed by atoms with van der Waals surface area (Å²) in [5.41, 5.74) is -0.494. The number of carbonyl (C=O) groups excluding carboxylic acids is 2. The van der Waals surface area contributed by atoms with E-state index >= 15 is 0 Å². The van der Waals surface area contributed by atoms with E-state index < -0.39 is 5.41 Å². The lowest BCUT2D eigenvalue weighted by molar-refractivity contribution is -0.124. The third kappa shape index (κ3) is 6.76. The number of hydrogen-bond donors (Lipinski definition) is 0. The van der Waals surface area contributed by atoms with Gasteiger partial charge < -0.3 is 14.5 Å². The molecule has 0 aliphatic rings. The fourth-order valence-electron chi connectivity index (χ4n) is 1.28. The monoisotopic (exact) mass is 268 g/mol. The average molecular weight is 268 g/mol. The van der Waals surface area contributed by atoms with Crippen LogP contribution in [0.25, 0.3) is 0 Å². The SMILES string of the molecule is COCC(C)(/C=C/C(=O)N(C)C)/C=C/C(=O)N(C)C. The van der Waals surface area contributed by atoms with E-state index in [-0.39, 0.29) is 11.8 Å².